The van der Waals surface area contributed by atoms with Crippen LogP contribution in [0.3, 0.4) is 0 Å². The van der Waals surface area contributed by atoms with Gasteiger partial charge in [0.1, 0.15) is 42.8 Å². The number of benzene rings is 4. The molecule has 0 bridgehead atoms. The molecule has 0 radical (unpaired) electrons. The van der Waals surface area contributed by atoms with Crippen molar-refractivity contribution in [2.45, 2.75) is 76.0 Å². The third kappa shape index (κ3) is 9.11. The van der Waals surface area contributed by atoms with Crippen LogP contribution in [-0.2, 0) is 24.0 Å². The number of pyridine rings is 1. The molecule has 2 fully saturated rings. The number of ether oxygens (including phenoxy) is 4. The zero-order chi connectivity index (χ0) is 49.6. The van der Waals surface area contributed by atoms with Gasteiger partial charge in [-0.2, -0.15) is 13.2 Å². The number of nitrogens with one attached hydrogen (secondary N) is 2. The van der Waals surface area contributed by atoms with Crippen LogP contribution in [0.1, 0.15) is 65.5 Å². The standard InChI is InChI=1S/C50H48ClF6N7O6/c1-26-19-34(63(21-28-8-12-31(67-3)13-9-28)22-29-10-14-32(68-4)15-11-29)40(53)35(38(26)50(55,56)57)36-39(51)43-37-44(60-25-59-43)42(27(2)33-7-5-17-58-46(33)62-47(65)66)61-48(70-45(37)41(36)54)69-24-49-16-6-18-64(49)23-30(52)20-49/h5,7-15,17,19,27,30,42,59H,6,16,18,20-25H2,1-4H3,(H,58,62)(H,65,66)/t27-,30-,42?,49+/m1/s1. The number of alkyl halides is 4. The molecule has 0 spiro atoms. The van der Waals surface area contributed by atoms with Gasteiger partial charge in [0.15, 0.2) is 17.4 Å². The number of rotatable bonds is 13. The van der Waals surface area contributed by atoms with Gasteiger partial charge >= 0.3 is 18.4 Å². The van der Waals surface area contributed by atoms with Crippen LogP contribution < -0.4 is 29.7 Å². The third-order valence-corrected chi connectivity index (χ3v) is 13.8. The van der Waals surface area contributed by atoms with Crippen molar-refractivity contribution in [1.29, 1.82) is 0 Å². The molecule has 0 saturated carbocycles. The number of methoxy groups -OCH3 is 2. The number of amides is 1. The molecule has 3 N–H and O–H groups in total. The number of anilines is 3. The van der Waals surface area contributed by atoms with Gasteiger partial charge in [-0.15, -0.1) is 0 Å². The van der Waals surface area contributed by atoms with Crippen LogP contribution in [0, 0.1) is 18.6 Å². The van der Waals surface area contributed by atoms with Crippen molar-refractivity contribution < 1.29 is 55.2 Å². The average Bonchev–Trinajstić information content (AvgIpc) is 3.80. The lowest BCUT2D eigenvalue weighted by molar-refractivity contribution is -0.137. The molecule has 1 aromatic heterocycles. The van der Waals surface area contributed by atoms with E-state index in [0.29, 0.717) is 41.2 Å². The number of hydrogen-bond donors (Lipinski definition) is 3. The van der Waals surface area contributed by atoms with Crippen LogP contribution in [0.5, 0.6) is 17.2 Å². The molecule has 9 rings (SSSR count). The Morgan fingerprint density at radius 1 is 1.03 bits per heavy atom. The Balaban J connectivity index is 1.23. The second-order valence-corrected chi connectivity index (χ2v) is 18.1. The predicted octanol–water partition coefficient (Wildman–Crippen LogP) is 11.0. The molecule has 4 aliphatic rings. The summed E-state index contributed by atoms with van der Waals surface area (Å²) < 4.78 is 121. The quantitative estimate of drug-likeness (QED) is 0.0976. The van der Waals surface area contributed by atoms with Gasteiger partial charge in [-0.05, 0) is 79.4 Å². The van der Waals surface area contributed by atoms with Crippen molar-refractivity contribution in [2.75, 3.05) is 56.1 Å². The van der Waals surface area contributed by atoms with E-state index in [2.05, 4.69) is 20.6 Å². The van der Waals surface area contributed by atoms with Gasteiger partial charge in [-0.25, -0.2) is 27.9 Å². The van der Waals surface area contributed by atoms with E-state index in [0.717, 1.165) is 12.5 Å². The van der Waals surface area contributed by atoms with E-state index in [1.807, 2.05) is 4.90 Å². The summed E-state index contributed by atoms with van der Waals surface area (Å²) in [4.78, 5) is 29.1. The van der Waals surface area contributed by atoms with Crippen molar-refractivity contribution in [3.63, 3.8) is 0 Å². The van der Waals surface area contributed by atoms with E-state index in [1.54, 1.807) is 72.5 Å². The van der Waals surface area contributed by atoms with Gasteiger partial charge in [-0.3, -0.25) is 15.2 Å². The van der Waals surface area contributed by atoms with E-state index in [1.165, 1.54) is 27.3 Å². The van der Waals surface area contributed by atoms with Crippen LogP contribution in [0.2, 0.25) is 5.02 Å². The fourth-order valence-corrected chi connectivity index (χ4v) is 10.5. The first-order valence-corrected chi connectivity index (χ1v) is 22.9. The van der Waals surface area contributed by atoms with Crippen molar-refractivity contribution in [1.82, 2.24) is 9.88 Å². The molecular formula is C50H48ClF6N7O6. The number of carbonyl (C=O) groups is 1. The Bertz CT molecular complexity index is 2840. The Morgan fingerprint density at radius 2 is 1.70 bits per heavy atom. The summed E-state index contributed by atoms with van der Waals surface area (Å²) in [5, 5.41) is 14.3. The lowest BCUT2D eigenvalue weighted by atomic mass is 9.85. The van der Waals surface area contributed by atoms with Gasteiger partial charge in [-0.1, -0.05) is 48.9 Å². The number of carboxylic acid groups (broad SMARTS) is 1. The van der Waals surface area contributed by atoms with Crippen molar-refractivity contribution in [3.05, 3.63) is 123 Å². The van der Waals surface area contributed by atoms with Gasteiger partial charge in [0, 0.05) is 54.9 Å². The molecule has 1 unspecified atom stereocenters. The highest BCUT2D eigenvalue weighted by Crippen LogP contribution is 2.53. The number of fused-ring (bicyclic) bond motifs is 1. The van der Waals surface area contributed by atoms with Crippen LogP contribution in [0.4, 0.5) is 48.3 Å². The number of nitrogens with zero attached hydrogens (tertiary/aromatic N) is 5. The molecule has 368 valence electrons. The molecule has 4 aromatic carbocycles. The van der Waals surface area contributed by atoms with Gasteiger partial charge in [0.05, 0.1) is 53.0 Å². The first kappa shape index (κ1) is 48.3. The van der Waals surface area contributed by atoms with Crippen molar-refractivity contribution in [2.24, 2.45) is 9.98 Å². The normalized spacial score (nSPS) is 19.9. The van der Waals surface area contributed by atoms with E-state index < -0.39 is 86.7 Å². The van der Waals surface area contributed by atoms with Crippen LogP contribution >= 0.6 is 11.6 Å². The number of hydrogen-bond acceptors (Lipinski definition) is 11. The highest BCUT2D eigenvalue weighted by Gasteiger charge is 2.50. The number of aliphatic imine (C=N–C) groups is 2. The Hall–Kier alpha value is -6.73. The Morgan fingerprint density at radius 3 is 2.33 bits per heavy atom. The third-order valence-electron chi connectivity index (χ3n) is 13.4. The smallest absolute Gasteiger partial charge is 0.417 e. The minimum absolute atomic E-state index is 0.00717. The molecule has 4 atom stereocenters. The van der Waals surface area contributed by atoms with E-state index in [4.69, 9.17) is 35.5 Å². The predicted molar refractivity (Wildman–Crippen MR) is 253 cm³/mol. The van der Waals surface area contributed by atoms with Gasteiger partial charge in [0.2, 0.25) is 0 Å². The second kappa shape index (κ2) is 19.2. The molecule has 0 aliphatic carbocycles. The fraction of sp³-hybridized carbons (Fsp3) is 0.360. The Labute approximate surface area is 404 Å². The summed E-state index contributed by atoms with van der Waals surface area (Å²) >= 11 is 7.14. The monoisotopic (exact) mass is 991 g/mol. The highest BCUT2D eigenvalue weighted by molar-refractivity contribution is 6.38. The average molecular weight is 992 g/mol. The first-order chi connectivity index (χ1) is 33.5. The topological polar surface area (TPSA) is 142 Å². The largest absolute Gasteiger partial charge is 0.497 e. The molecule has 5 heterocycles. The minimum atomic E-state index is -5.24. The number of aryl methyl sites for hydroxylation is 1. The summed E-state index contributed by atoms with van der Waals surface area (Å²) in [5.74, 6) is -3.33. The van der Waals surface area contributed by atoms with Crippen molar-refractivity contribution >= 4 is 46.7 Å². The van der Waals surface area contributed by atoms with E-state index >= 15 is 22.0 Å². The number of halogens is 7. The SMILES string of the molecule is COc1ccc(CN(Cc2ccc(OC)cc2)c2cc(C)c(C(F)(F)F)c(-c3c(F)c4c5c(c3Cl)NCN=C5C([C@H](C)c3cccnc3NC(=O)O)N=C(OC[C@@]35CCCN3C[C@H](F)C5)O4)c2F)cc1. The van der Waals surface area contributed by atoms with Crippen LogP contribution in [0.15, 0.2) is 82.9 Å². The Kier molecular flexibility index (Phi) is 13.3. The first-order valence-electron chi connectivity index (χ1n) is 22.5. The number of aromatic nitrogens is 1. The molecule has 70 heavy (non-hydrogen) atoms. The summed E-state index contributed by atoms with van der Waals surface area (Å²) in [6.07, 6.45) is -5.42. The zero-order valence-electron chi connectivity index (χ0n) is 38.4. The van der Waals surface area contributed by atoms with E-state index in [9.17, 15) is 14.3 Å². The summed E-state index contributed by atoms with van der Waals surface area (Å²) in [5.41, 5.74) is -3.57. The summed E-state index contributed by atoms with van der Waals surface area (Å²) in [7, 11) is 3.00. The molecule has 2 saturated heterocycles. The maximum absolute atomic E-state index is 18.2. The molecule has 4 aliphatic heterocycles. The molecule has 13 nitrogen and oxygen atoms in total. The van der Waals surface area contributed by atoms with Gasteiger partial charge < -0.3 is 34.3 Å². The molecule has 20 heteroatoms. The molecule has 1 amide bonds. The maximum Gasteiger partial charge on any atom is 0.417 e. The molecular weight excluding hydrogens is 944 g/mol. The molecule has 5 aromatic rings. The summed E-state index contributed by atoms with van der Waals surface area (Å²) in [6.45, 7) is 3.27. The second-order valence-electron chi connectivity index (χ2n) is 17.8. The lowest BCUT2D eigenvalue weighted by Gasteiger charge is -2.31. The summed E-state index contributed by atoms with van der Waals surface area (Å²) in [6, 6.07) is 16.9. The fourth-order valence-electron chi connectivity index (χ4n) is 10.2. The van der Waals surface area contributed by atoms with Gasteiger partial charge in [0.25, 0.3) is 0 Å². The maximum atomic E-state index is 18.2. The van der Waals surface area contributed by atoms with E-state index in [-0.39, 0.29) is 67.8 Å². The lowest BCUT2D eigenvalue weighted by Crippen LogP contribution is -2.43. The van der Waals surface area contributed by atoms with Crippen LogP contribution in [-0.4, -0.2) is 91.2 Å². The van der Waals surface area contributed by atoms with Crippen molar-refractivity contribution in [3.8, 4) is 28.4 Å². The van der Waals surface area contributed by atoms with Crippen LogP contribution in [0.25, 0.3) is 11.1 Å². The zero-order valence-corrected chi connectivity index (χ0v) is 39.2. The highest BCUT2D eigenvalue weighted by atomic mass is 35.5. The minimum Gasteiger partial charge on any atom is -0.497 e.